The van der Waals surface area contributed by atoms with Crippen molar-refractivity contribution in [3.63, 3.8) is 0 Å². The van der Waals surface area contributed by atoms with Gasteiger partial charge in [-0.3, -0.25) is 0 Å². The van der Waals surface area contributed by atoms with E-state index in [0.717, 1.165) is 0 Å². The number of anilines is 1. The lowest BCUT2D eigenvalue weighted by Crippen LogP contribution is -2.26. The van der Waals surface area contributed by atoms with Crippen molar-refractivity contribution in [2.24, 2.45) is 0 Å². The average Bonchev–Trinajstić information content (AvgIpc) is 2.57. The second-order valence-electron chi connectivity index (χ2n) is 6.01. The van der Waals surface area contributed by atoms with Gasteiger partial charge in [0.05, 0.1) is 6.04 Å². The fraction of sp³-hybridized carbons (Fsp3) is 0.143. The molecule has 0 radical (unpaired) electrons. The molecule has 3 aromatic rings. The molecule has 0 aromatic heterocycles. The molecule has 1 aliphatic rings. The summed E-state index contributed by atoms with van der Waals surface area (Å²) < 4.78 is 0. The van der Waals surface area contributed by atoms with E-state index in [4.69, 9.17) is 0 Å². The quantitative estimate of drug-likeness (QED) is 0.660. The highest BCUT2D eigenvalue weighted by Crippen LogP contribution is 2.31. The van der Waals surface area contributed by atoms with Crippen LogP contribution in [0.2, 0.25) is 0 Å². The first kappa shape index (κ1) is 13.1. The van der Waals surface area contributed by atoms with E-state index in [2.05, 4.69) is 91.1 Å². The maximum Gasteiger partial charge on any atom is 0.0513 e. The second-order valence-corrected chi connectivity index (χ2v) is 6.01. The second kappa shape index (κ2) is 5.34. The summed E-state index contributed by atoms with van der Waals surface area (Å²) in [6.45, 7) is 2.29. The summed E-state index contributed by atoms with van der Waals surface area (Å²) in [4.78, 5) is 0. The van der Waals surface area contributed by atoms with Gasteiger partial charge in [0.25, 0.3) is 0 Å². The van der Waals surface area contributed by atoms with E-state index in [1.165, 1.54) is 27.6 Å². The van der Waals surface area contributed by atoms with Gasteiger partial charge >= 0.3 is 0 Å². The van der Waals surface area contributed by atoms with Crippen LogP contribution in [-0.2, 0) is 0 Å². The molecular formula is C21H19N. The fourth-order valence-corrected chi connectivity index (χ4v) is 3.29. The van der Waals surface area contributed by atoms with Crippen LogP contribution in [0, 0.1) is 0 Å². The molecule has 3 aromatic carbocycles. The minimum atomic E-state index is 0.330. The van der Waals surface area contributed by atoms with Crippen LogP contribution in [0.3, 0.4) is 0 Å². The summed E-state index contributed by atoms with van der Waals surface area (Å²) in [5.74, 6) is 0.465. The van der Waals surface area contributed by atoms with Gasteiger partial charge in [0.2, 0.25) is 0 Å². The van der Waals surface area contributed by atoms with Gasteiger partial charge < -0.3 is 5.32 Å². The van der Waals surface area contributed by atoms with Crippen LogP contribution in [0.15, 0.2) is 72.8 Å². The minimum Gasteiger partial charge on any atom is -0.378 e. The third kappa shape index (κ3) is 2.29. The normalized spacial score (nSPS) is 19.9. The zero-order valence-corrected chi connectivity index (χ0v) is 12.7. The Morgan fingerprint density at radius 3 is 2.50 bits per heavy atom. The van der Waals surface area contributed by atoms with Crippen LogP contribution >= 0.6 is 0 Å². The molecule has 0 saturated carbocycles. The van der Waals surface area contributed by atoms with Crippen molar-refractivity contribution in [2.45, 2.75) is 18.9 Å². The van der Waals surface area contributed by atoms with Crippen molar-refractivity contribution < 1.29 is 0 Å². The molecule has 1 nitrogen and oxygen atoms in total. The van der Waals surface area contributed by atoms with Gasteiger partial charge in [0, 0.05) is 11.6 Å². The van der Waals surface area contributed by atoms with Crippen LogP contribution in [0.25, 0.3) is 16.8 Å². The molecule has 0 fully saturated rings. The van der Waals surface area contributed by atoms with Crippen molar-refractivity contribution >= 4 is 22.5 Å². The van der Waals surface area contributed by atoms with Crippen molar-refractivity contribution in [3.8, 4) is 0 Å². The van der Waals surface area contributed by atoms with Crippen molar-refractivity contribution in [1.82, 2.24) is 0 Å². The molecule has 22 heavy (non-hydrogen) atoms. The van der Waals surface area contributed by atoms with E-state index in [1.807, 2.05) is 0 Å². The lowest BCUT2D eigenvalue weighted by molar-refractivity contribution is 0.693. The van der Waals surface area contributed by atoms with Crippen LogP contribution in [-0.4, -0.2) is 6.04 Å². The Morgan fingerprint density at radius 1 is 0.818 bits per heavy atom. The summed E-state index contributed by atoms with van der Waals surface area (Å²) >= 11 is 0. The maximum absolute atomic E-state index is 3.68. The number of hydrogen-bond donors (Lipinski definition) is 1. The van der Waals surface area contributed by atoms with E-state index in [1.54, 1.807) is 0 Å². The smallest absolute Gasteiger partial charge is 0.0513 e. The number of nitrogens with one attached hydrogen (secondary N) is 1. The summed E-state index contributed by atoms with van der Waals surface area (Å²) in [6, 6.07) is 24.1. The van der Waals surface area contributed by atoms with Crippen molar-refractivity contribution in [1.29, 1.82) is 0 Å². The van der Waals surface area contributed by atoms with Gasteiger partial charge in [-0.25, -0.2) is 0 Å². The zero-order valence-electron chi connectivity index (χ0n) is 12.7. The molecular weight excluding hydrogens is 266 g/mol. The maximum atomic E-state index is 3.68. The molecule has 2 atom stereocenters. The van der Waals surface area contributed by atoms with Crippen LogP contribution in [0.1, 0.15) is 24.0 Å². The van der Waals surface area contributed by atoms with Crippen LogP contribution in [0.4, 0.5) is 5.69 Å². The minimum absolute atomic E-state index is 0.330. The molecule has 0 amide bonds. The van der Waals surface area contributed by atoms with E-state index < -0.39 is 0 Å². The summed E-state index contributed by atoms with van der Waals surface area (Å²) in [5.41, 5.74) is 3.94. The standard InChI is InChI=1S/C21H19N/c1-15-20-9-5-4-7-17(20)11-13-21(15)22-19-12-10-16-6-2-3-8-18(16)14-19/h2-15,21-22H,1H3. The molecule has 0 bridgehead atoms. The third-order valence-corrected chi connectivity index (χ3v) is 4.59. The predicted molar refractivity (Wildman–Crippen MR) is 95.2 cm³/mol. The Balaban J connectivity index is 1.63. The number of rotatable bonds is 2. The highest BCUT2D eigenvalue weighted by atomic mass is 14.9. The first-order valence-electron chi connectivity index (χ1n) is 7.84. The Labute approximate surface area is 131 Å². The Morgan fingerprint density at radius 2 is 1.59 bits per heavy atom. The lowest BCUT2D eigenvalue weighted by atomic mass is 9.85. The first-order chi connectivity index (χ1) is 10.8. The topological polar surface area (TPSA) is 12.0 Å². The number of fused-ring (bicyclic) bond motifs is 2. The molecule has 0 saturated heterocycles. The summed E-state index contributed by atoms with van der Waals surface area (Å²) in [5, 5.41) is 6.24. The number of benzene rings is 3. The van der Waals surface area contributed by atoms with E-state index >= 15 is 0 Å². The van der Waals surface area contributed by atoms with E-state index in [9.17, 15) is 0 Å². The molecule has 0 heterocycles. The van der Waals surface area contributed by atoms with Gasteiger partial charge in [-0.1, -0.05) is 73.7 Å². The largest absolute Gasteiger partial charge is 0.378 e. The average molecular weight is 285 g/mol. The monoisotopic (exact) mass is 285 g/mol. The Kier molecular flexibility index (Phi) is 3.19. The summed E-state index contributed by atoms with van der Waals surface area (Å²) in [7, 11) is 0. The SMILES string of the molecule is CC1c2ccccc2C=CC1Nc1ccc2ccccc2c1. The molecule has 0 spiro atoms. The highest BCUT2D eigenvalue weighted by molar-refractivity contribution is 5.85. The van der Waals surface area contributed by atoms with Gasteiger partial charge in [0.1, 0.15) is 0 Å². The van der Waals surface area contributed by atoms with E-state index in [0.29, 0.717) is 12.0 Å². The van der Waals surface area contributed by atoms with Crippen LogP contribution in [0.5, 0.6) is 0 Å². The highest BCUT2D eigenvalue weighted by Gasteiger charge is 2.21. The molecule has 4 rings (SSSR count). The molecule has 1 N–H and O–H groups in total. The lowest BCUT2D eigenvalue weighted by Gasteiger charge is -2.28. The van der Waals surface area contributed by atoms with Gasteiger partial charge in [-0.15, -0.1) is 0 Å². The van der Waals surface area contributed by atoms with Gasteiger partial charge in [0.15, 0.2) is 0 Å². The summed E-state index contributed by atoms with van der Waals surface area (Å²) in [6.07, 6.45) is 4.51. The first-order valence-corrected chi connectivity index (χ1v) is 7.84. The third-order valence-electron chi connectivity index (χ3n) is 4.59. The van der Waals surface area contributed by atoms with Crippen LogP contribution < -0.4 is 5.32 Å². The molecule has 0 aliphatic heterocycles. The zero-order chi connectivity index (χ0) is 14.9. The van der Waals surface area contributed by atoms with E-state index in [-0.39, 0.29) is 0 Å². The predicted octanol–water partition coefficient (Wildman–Crippen LogP) is 5.45. The van der Waals surface area contributed by atoms with Gasteiger partial charge in [-0.2, -0.15) is 0 Å². The van der Waals surface area contributed by atoms with Crippen molar-refractivity contribution in [2.75, 3.05) is 5.32 Å². The Bertz CT molecular complexity index is 847. The Hall–Kier alpha value is -2.54. The molecule has 2 unspecified atom stereocenters. The molecule has 1 heteroatoms. The van der Waals surface area contributed by atoms with Crippen molar-refractivity contribution in [3.05, 3.63) is 83.9 Å². The fourth-order valence-electron chi connectivity index (χ4n) is 3.29. The number of hydrogen-bond acceptors (Lipinski definition) is 1. The molecule has 108 valence electrons. The van der Waals surface area contributed by atoms with Gasteiger partial charge in [-0.05, 0) is 34.0 Å². The molecule has 1 aliphatic carbocycles.